The van der Waals surface area contributed by atoms with Crippen LogP contribution in [0.3, 0.4) is 0 Å². The van der Waals surface area contributed by atoms with Crippen molar-refractivity contribution in [1.82, 2.24) is 4.98 Å². The summed E-state index contributed by atoms with van der Waals surface area (Å²) < 4.78 is 1.11. The van der Waals surface area contributed by atoms with Gasteiger partial charge in [0.25, 0.3) is 0 Å². The number of benzene rings is 1. The van der Waals surface area contributed by atoms with Crippen LogP contribution in [0.25, 0.3) is 10.6 Å². The summed E-state index contributed by atoms with van der Waals surface area (Å²) in [6.45, 7) is 2.13. The van der Waals surface area contributed by atoms with Gasteiger partial charge in [0.15, 0.2) is 0 Å². The number of hydrogen-bond donors (Lipinski definition) is 0. The maximum absolute atomic E-state index is 4.53. The van der Waals surface area contributed by atoms with Gasteiger partial charge in [-0.25, -0.2) is 4.98 Å². The fourth-order valence-electron chi connectivity index (χ4n) is 1.19. The molecule has 1 aromatic heterocycles. The molecule has 1 heterocycles. The van der Waals surface area contributed by atoms with Crippen LogP contribution in [0, 0.1) is 0 Å². The van der Waals surface area contributed by atoms with E-state index in [1.807, 2.05) is 12.1 Å². The van der Waals surface area contributed by atoms with Crippen molar-refractivity contribution in [3.63, 3.8) is 0 Å². The molecule has 0 saturated carbocycles. The van der Waals surface area contributed by atoms with Crippen LogP contribution >= 0.6 is 27.3 Å². The molecule has 0 atom stereocenters. The van der Waals surface area contributed by atoms with Crippen molar-refractivity contribution in [3.05, 3.63) is 39.8 Å². The number of nitrogens with zero attached hydrogens (tertiary/aromatic N) is 1. The molecule has 1 aromatic carbocycles. The molecule has 1 nitrogen and oxygen atoms in total. The summed E-state index contributed by atoms with van der Waals surface area (Å²) in [5, 5.41) is 3.23. The summed E-state index contributed by atoms with van der Waals surface area (Å²) in [4.78, 5) is 4.53. The van der Waals surface area contributed by atoms with Gasteiger partial charge in [0.05, 0.1) is 5.69 Å². The topological polar surface area (TPSA) is 12.9 Å². The average Bonchev–Trinajstić information content (AvgIpc) is 2.67. The molecule has 0 radical (unpaired) electrons. The van der Waals surface area contributed by atoms with Crippen LogP contribution in [0.1, 0.15) is 12.6 Å². The van der Waals surface area contributed by atoms with Crippen LogP contribution in [0.4, 0.5) is 0 Å². The third-order valence-corrected chi connectivity index (χ3v) is 3.47. The van der Waals surface area contributed by atoms with Gasteiger partial charge in [-0.15, -0.1) is 11.3 Å². The number of aromatic nitrogens is 1. The standard InChI is InChI=1S/C11H10BrNS/c1-2-10-7-14-11(13-10)8-3-5-9(12)6-4-8/h3-7H,2H2,1H3. The van der Waals surface area contributed by atoms with Gasteiger partial charge in [-0.2, -0.15) is 0 Å². The lowest BCUT2D eigenvalue weighted by Crippen LogP contribution is -1.80. The second-order valence-corrected chi connectivity index (χ2v) is 4.78. The zero-order valence-corrected chi connectivity index (χ0v) is 10.2. The lowest BCUT2D eigenvalue weighted by Gasteiger charge is -1.95. The van der Waals surface area contributed by atoms with Gasteiger partial charge < -0.3 is 0 Å². The summed E-state index contributed by atoms with van der Waals surface area (Å²) in [5.74, 6) is 0. The van der Waals surface area contributed by atoms with Crippen LogP contribution in [-0.4, -0.2) is 4.98 Å². The second kappa shape index (κ2) is 4.24. The van der Waals surface area contributed by atoms with Crippen molar-refractivity contribution < 1.29 is 0 Å². The zero-order valence-electron chi connectivity index (χ0n) is 7.83. The van der Waals surface area contributed by atoms with Gasteiger partial charge in [0.1, 0.15) is 5.01 Å². The minimum Gasteiger partial charge on any atom is -0.241 e. The van der Waals surface area contributed by atoms with E-state index in [-0.39, 0.29) is 0 Å². The van der Waals surface area contributed by atoms with E-state index in [4.69, 9.17) is 0 Å². The van der Waals surface area contributed by atoms with Gasteiger partial charge in [0, 0.05) is 15.4 Å². The minimum absolute atomic E-state index is 1.01. The van der Waals surface area contributed by atoms with E-state index in [2.05, 4.69) is 45.4 Å². The molecule has 0 aliphatic heterocycles. The van der Waals surface area contributed by atoms with Crippen molar-refractivity contribution in [2.24, 2.45) is 0 Å². The Morgan fingerprint density at radius 1 is 1.29 bits per heavy atom. The molecule has 0 saturated heterocycles. The molecular weight excluding hydrogens is 258 g/mol. The summed E-state index contributed by atoms with van der Waals surface area (Å²) in [6.07, 6.45) is 1.01. The van der Waals surface area contributed by atoms with Gasteiger partial charge >= 0.3 is 0 Å². The van der Waals surface area contributed by atoms with Crippen LogP contribution < -0.4 is 0 Å². The molecular formula is C11H10BrNS. The summed E-state index contributed by atoms with van der Waals surface area (Å²) in [6, 6.07) is 8.26. The van der Waals surface area contributed by atoms with E-state index in [1.54, 1.807) is 11.3 Å². The Kier molecular flexibility index (Phi) is 2.99. The number of halogens is 1. The highest BCUT2D eigenvalue weighted by Crippen LogP contribution is 2.25. The Labute approximate surface area is 95.9 Å². The van der Waals surface area contributed by atoms with Crippen LogP contribution in [0.2, 0.25) is 0 Å². The lowest BCUT2D eigenvalue weighted by atomic mass is 10.2. The van der Waals surface area contributed by atoms with Crippen molar-refractivity contribution in [2.45, 2.75) is 13.3 Å². The predicted molar refractivity (Wildman–Crippen MR) is 64.6 cm³/mol. The van der Waals surface area contributed by atoms with Crippen molar-refractivity contribution in [3.8, 4) is 10.6 Å². The van der Waals surface area contributed by atoms with Crippen LogP contribution in [-0.2, 0) is 6.42 Å². The highest BCUT2D eigenvalue weighted by atomic mass is 79.9. The van der Waals surface area contributed by atoms with Gasteiger partial charge in [-0.3, -0.25) is 0 Å². The maximum Gasteiger partial charge on any atom is 0.123 e. The Balaban J connectivity index is 2.34. The first kappa shape index (κ1) is 9.87. The van der Waals surface area contributed by atoms with Crippen molar-refractivity contribution in [1.29, 1.82) is 0 Å². The largest absolute Gasteiger partial charge is 0.241 e. The van der Waals surface area contributed by atoms with E-state index in [0.29, 0.717) is 0 Å². The molecule has 0 spiro atoms. The molecule has 0 N–H and O–H groups in total. The van der Waals surface area contributed by atoms with E-state index < -0.39 is 0 Å². The van der Waals surface area contributed by atoms with Crippen LogP contribution in [0.15, 0.2) is 34.1 Å². The maximum atomic E-state index is 4.53. The molecule has 0 aliphatic carbocycles. The SMILES string of the molecule is CCc1csc(-c2ccc(Br)cc2)n1. The lowest BCUT2D eigenvalue weighted by molar-refractivity contribution is 1.07. The number of hydrogen-bond acceptors (Lipinski definition) is 2. The molecule has 0 bridgehead atoms. The Morgan fingerprint density at radius 2 is 2.00 bits per heavy atom. The molecule has 14 heavy (non-hydrogen) atoms. The third-order valence-electron chi connectivity index (χ3n) is 2.01. The molecule has 0 aliphatic rings. The van der Waals surface area contributed by atoms with Gasteiger partial charge in [-0.1, -0.05) is 35.0 Å². The van der Waals surface area contributed by atoms with Gasteiger partial charge in [-0.05, 0) is 18.6 Å². The predicted octanol–water partition coefficient (Wildman–Crippen LogP) is 4.14. The van der Waals surface area contributed by atoms with Crippen molar-refractivity contribution in [2.75, 3.05) is 0 Å². The molecule has 0 fully saturated rings. The molecule has 2 aromatic rings. The fourth-order valence-corrected chi connectivity index (χ4v) is 2.37. The average molecular weight is 268 g/mol. The highest BCUT2D eigenvalue weighted by molar-refractivity contribution is 9.10. The monoisotopic (exact) mass is 267 g/mol. The second-order valence-electron chi connectivity index (χ2n) is 3.00. The van der Waals surface area contributed by atoms with Crippen LogP contribution in [0.5, 0.6) is 0 Å². The van der Waals surface area contributed by atoms with E-state index in [0.717, 1.165) is 15.9 Å². The molecule has 0 unspecified atom stereocenters. The first-order valence-corrected chi connectivity index (χ1v) is 6.17. The summed E-state index contributed by atoms with van der Waals surface area (Å²) in [7, 11) is 0. The highest BCUT2D eigenvalue weighted by Gasteiger charge is 2.02. The number of aryl methyl sites for hydroxylation is 1. The third kappa shape index (κ3) is 2.04. The molecule has 3 heteroatoms. The first-order valence-electron chi connectivity index (χ1n) is 4.50. The van der Waals surface area contributed by atoms with Crippen molar-refractivity contribution >= 4 is 27.3 Å². The summed E-state index contributed by atoms with van der Waals surface area (Å²) in [5.41, 5.74) is 2.37. The quantitative estimate of drug-likeness (QED) is 0.797. The molecule has 2 rings (SSSR count). The molecule has 0 amide bonds. The number of thiazole rings is 1. The number of rotatable bonds is 2. The van der Waals surface area contributed by atoms with E-state index in [1.165, 1.54) is 11.3 Å². The normalized spacial score (nSPS) is 10.4. The zero-order chi connectivity index (χ0) is 9.97. The van der Waals surface area contributed by atoms with Gasteiger partial charge in [0.2, 0.25) is 0 Å². The Morgan fingerprint density at radius 3 is 2.57 bits per heavy atom. The van der Waals surface area contributed by atoms with E-state index in [9.17, 15) is 0 Å². The fraction of sp³-hybridized carbons (Fsp3) is 0.182. The minimum atomic E-state index is 1.01. The first-order chi connectivity index (χ1) is 6.79. The Bertz CT molecular complexity index is 419. The smallest absolute Gasteiger partial charge is 0.123 e. The molecule has 72 valence electrons. The Hall–Kier alpha value is -0.670. The van der Waals surface area contributed by atoms with E-state index >= 15 is 0 Å². The summed E-state index contributed by atoms with van der Waals surface area (Å²) >= 11 is 5.13.